The Balaban J connectivity index is 1.43. The number of fused-ring (bicyclic) bond motifs is 2. The Labute approximate surface area is 179 Å². The molecular formula is C23H16FN5O3. The van der Waals surface area contributed by atoms with Crippen LogP contribution in [0.2, 0.25) is 0 Å². The number of anilines is 1. The largest absolute Gasteiger partial charge is 0.350 e. The standard InChI is InChI=1S/C23H16FN5O3/c24-15-7-8-17-18(12-21(30)26-19(17)11-15)22(31)25-16-5-3-4-14(10-16)13-29-23(32)28-9-2-1-6-20(28)27-29/h1-12H,13H2,(H,25,31)(H,26,30). The summed E-state index contributed by atoms with van der Waals surface area (Å²) in [6, 6.07) is 17.3. The van der Waals surface area contributed by atoms with E-state index in [4.69, 9.17) is 0 Å². The molecule has 0 aliphatic carbocycles. The molecule has 0 spiro atoms. The molecular weight excluding hydrogens is 413 g/mol. The van der Waals surface area contributed by atoms with Gasteiger partial charge in [0.25, 0.3) is 5.91 Å². The van der Waals surface area contributed by atoms with Crippen molar-refractivity contribution in [2.24, 2.45) is 0 Å². The molecule has 1 amide bonds. The molecule has 0 fully saturated rings. The fourth-order valence-electron chi connectivity index (χ4n) is 3.61. The number of benzene rings is 2. The quantitative estimate of drug-likeness (QED) is 0.459. The summed E-state index contributed by atoms with van der Waals surface area (Å²) >= 11 is 0. The van der Waals surface area contributed by atoms with Crippen LogP contribution in [0.25, 0.3) is 16.6 Å². The zero-order chi connectivity index (χ0) is 22.2. The first-order valence-corrected chi connectivity index (χ1v) is 9.75. The number of aromatic nitrogens is 4. The molecule has 3 aromatic heterocycles. The predicted molar refractivity (Wildman–Crippen MR) is 117 cm³/mol. The lowest BCUT2D eigenvalue weighted by Crippen LogP contribution is -2.21. The van der Waals surface area contributed by atoms with Crippen LogP contribution in [0.4, 0.5) is 10.1 Å². The second-order valence-electron chi connectivity index (χ2n) is 7.26. The molecule has 8 nitrogen and oxygen atoms in total. The van der Waals surface area contributed by atoms with Gasteiger partial charge in [0.05, 0.1) is 17.6 Å². The zero-order valence-electron chi connectivity index (χ0n) is 16.6. The Morgan fingerprint density at radius 3 is 2.75 bits per heavy atom. The van der Waals surface area contributed by atoms with E-state index in [9.17, 15) is 18.8 Å². The smallest absolute Gasteiger partial charge is 0.322 e. The molecule has 3 heterocycles. The predicted octanol–water partition coefficient (Wildman–Crippen LogP) is 2.78. The molecule has 0 unspecified atom stereocenters. The van der Waals surface area contributed by atoms with Gasteiger partial charge < -0.3 is 10.3 Å². The molecule has 9 heteroatoms. The van der Waals surface area contributed by atoms with Crippen molar-refractivity contribution in [1.82, 2.24) is 19.2 Å². The summed E-state index contributed by atoms with van der Waals surface area (Å²) in [4.78, 5) is 39.8. The normalized spacial score (nSPS) is 11.2. The Morgan fingerprint density at radius 1 is 1.03 bits per heavy atom. The third kappa shape index (κ3) is 3.56. The van der Waals surface area contributed by atoms with Crippen molar-refractivity contribution in [3.63, 3.8) is 0 Å². The fourth-order valence-corrected chi connectivity index (χ4v) is 3.61. The lowest BCUT2D eigenvalue weighted by molar-refractivity contribution is 0.102. The molecule has 0 saturated carbocycles. The Kier molecular flexibility index (Phi) is 4.63. The molecule has 0 aliphatic rings. The van der Waals surface area contributed by atoms with E-state index in [-0.39, 0.29) is 23.3 Å². The summed E-state index contributed by atoms with van der Waals surface area (Å²) in [6.07, 6.45) is 1.65. The summed E-state index contributed by atoms with van der Waals surface area (Å²) in [5.41, 5.74) is 1.38. The number of amides is 1. The number of nitrogens with zero attached hydrogens (tertiary/aromatic N) is 3. The molecule has 0 radical (unpaired) electrons. The van der Waals surface area contributed by atoms with Gasteiger partial charge in [-0.3, -0.25) is 14.0 Å². The molecule has 0 atom stereocenters. The van der Waals surface area contributed by atoms with E-state index in [2.05, 4.69) is 15.4 Å². The van der Waals surface area contributed by atoms with Gasteiger partial charge in [0.1, 0.15) is 5.82 Å². The maximum atomic E-state index is 13.5. The number of hydrogen-bond donors (Lipinski definition) is 2. The van der Waals surface area contributed by atoms with Crippen molar-refractivity contribution >= 4 is 28.1 Å². The number of rotatable bonds is 4. The van der Waals surface area contributed by atoms with Crippen LogP contribution >= 0.6 is 0 Å². The molecule has 0 saturated heterocycles. The average molecular weight is 429 g/mol. The Bertz CT molecular complexity index is 1620. The monoisotopic (exact) mass is 429 g/mol. The maximum Gasteiger partial charge on any atom is 0.350 e. The summed E-state index contributed by atoms with van der Waals surface area (Å²) in [7, 11) is 0. The first-order valence-electron chi connectivity index (χ1n) is 9.75. The molecule has 5 aromatic rings. The van der Waals surface area contributed by atoms with Crippen molar-refractivity contribution in [1.29, 1.82) is 0 Å². The Hall–Kier alpha value is -4.53. The van der Waals surface area contributed by atoms with Gasteiger partial charge in [-0.15, -0.1) is 5.10 Å². The lowest BCUT2D eigenvalue weighted by Gasteiger charge is -2.09. The van der Waals surface area contributed by atoms with Gasteiger partial charge >= 0.3 is 5.69 Å². The van der Waals surface area contributed by atoms with Crippen LogP contribution in [0.3, 0.4) is 0 Å². The van der Waals surface area contributed by atoms with E-state index in [1.807, 2.05) is 6.07 Å². The van der Waals surface area contributed by atoms with Crippen molar-refractivity contribution in [2.45, 2.75) is 6.54 Å². The average Bonchev–Trinajstić information content (AvgIpc) is 3.08. The van der Waals surface area contributed by atoms with Gasteiger partial charge in [-0.25, -0.2) is 13.9 Å². The SMILES string of the molecule is O=C(Nc1cccc(Cn2nc3ccccn3c2=O)c1)c1cc(=O)[nH]c2cc(F)ccc12. The highest BCUT2D eigenvalue weighted by atomic mass is 19.1. The fraction of sp³-hybridized carbons (Fsp3) is 0.0435. The number of carbonyl (C=O) groups is 1. The maximum absolute atomic E-state index is 13.5. The third-order valence-electron chi connectivity index (χ3n) is 5.06. The van der Waals surface area contributed by atoms with E-state index in [1.165, 1.54) is 33.3 Å². The van der Waals surface area contributed by atoms with E-state index < -0.39 is 17.3 Å². The topological polar surface area (TPSA) is 101 Å². The summed E-state index contributed by atoms with van der Waals surface area (Å²) < 4.78 is 16.3. The van der Waals surface area contributed by atoms with Crippen LogP contribution < -0.4 is 16.6 Å². The number of carbonyl (C=O) groups excluding carboxylic acids is 1. The molecule has 32 heavy (non-hydrogen) atoms. The second kappa shape index (κ2) is 7.62. The van der Waals surface area contributed by atoms with Gasteiger partial charge in [0.2, 0.25) is 5.56 Å². The number of halogens is 1. The van der Waals surface area contributed by atoms with Crippen molar-refractivity contribution in [2.75, 3.05) is 5.32 Å². The minimum Gasteiger partial charge on any atom is -0.322 e. The highest BCUT2D eigenvalue weighted by molar-refractivity contribution is 6.12. The summed E-state index contributed by atoms with van der Waals surface area (Å²) in [6.45, 7) is 0.220. The molecule has 0 bridgehead atoms. The van der Waals surface area contributed by atoms with Crippen LogP contribution in [0.5, 0.6) is 0 Å². The molecule has 2 N–H and O–H groups in total. The number of pyridine rings is 2. The highest BCUT2D eigenvalue weighted by Crippen LogP contribution is 2.19. The van der Waals surface area contributed by atoms with Gasteiger partial charge in [-0.1, -0.05) is 18.2 Å². The second-order valence-corrected chi connectivity index (χ2v) is 7.26. The van der Waals surface area contributed by atoms with Crippen molar-refractivity contribution in [3.8, 4) is 0 Å². The number of aromatic amines is 1. The van der Waals surface area contributed by atoms with E-state index in [0.717, 1.165) is 5.56 Å². The summed E-state index contributed by atoms with van der Waals surface area (Å²) in [5, 5.41) is 7.50. The number of nitrogens with one attached hydrogen (secondary N) is 2. The molecule has 0 aliphatic heterocycles. The van der Waals surface area contributed by atoms with Crippen LogP contribution in [0.1, 0.15) is 15.9 Å². The number of H-pyrrole nitrogens is 1. The molecule has 5 rings (SSSR count). The van der Waals surface area contributed by atoms with Crippen LogP contribution in [0.15, 0.2) is 82.5 Å². The van der Waals surface area contributed by atoms with Crippen LogP contribution in [-0.2, 0) is 6.54 Å². The van der Waals surface area contributed by atoms with Gasteiger partial charge in [0, 0.05) is 23.3 Å². The Morgan fingerprint density at radius 2 is 1.91 bits per heavy atom. The molecule has 2 aromatic carbocycles. The van der Waals surface area contributed by atoms with Crippen molar-refractivity contribution in [3.05, 3.63) is 111 Å². The zero-order valence-corrected chi connectivity index (χ0v) is 16.6. The van der Waals surface area contributed by atoms with Gasteiger partial charge in [0.15, 0.2) is 5.65 Å². The minimum atomic E-state index is -0.513. The van der Waals surface area contributed by atoms with Gasteiger partial charge in [-0.05, 0) is 48.0 Å². The van der Waals surface area contributed by atoms with Crippen LogP contribution in [-0.4, -0.2) is 25.1 Å². The van der Waals surface area contributed by atoms with Crippen molar-refractivity contribution < 1.29 is 9.18 Å². The minimum absolute atomic E-state index is 0.130. The third-order valence-corrected chi connectivity index (χ3v) is 5.06. The first-order chi connectivity index (χ1) is 15.5. The van der Waals surface area contributed by atoms with Gasteiger partial charge in [-0.2, -0.15) is 0 Å². The lowest BCUT2D eigenvalue weighted by atomic mass is 10.1. The van der Waals surface area contributed by atoms with E-state index in [1.54, 1.807) is 42.6 Å². The van der Waals surface area contributed by atoms with Crippen LogP contribution in [0, 0.1) is 5.82 Å². The first kappa shape index (κ1) is 19.4. The highest BCUT2D eigenvalue weighted by Gasteiger charge is 2.13. The molecule has 158 valence electrons. The number of hydrogen-bond acceptors (Lipinski definition) is 4. The van der Waals surface area contributed by atoms with E-state index in [0.29, 0.717) is 16.7 Å². The summed E-state index contributed by atoms with van der Waals surface area (Å²) in [5.74, 6) is -1.02. The van der Waals surface area contributed by atoms with E-state index >= 15 is 0 Å².